The van der Waals surface area contributed by atoms with Crippen LogP contribution in [-0.4, -0.2) is 17.8 Å². The second kappa shape index (κ2) is 9.45. The molecule has 4 aliphatic rings. The minimum absolute atomic E-state index is 0.245. The predicted octanol–water partition coefficient (Wildman–Crippen LogP) is 6.97. The topological polar surface area (TPSA) is 63.7 Å². The third-order valence-corrected chi connectivity index (χ3v) is 10.8. The van der Waals surface area contributed by atoms with Gasteiger partial charge in [-0.25, -0.2) is 4.90 Å². The van der Waals surface area contributed by atoms with Gasteiger partial charge in [-0.15, -0.1) is 0 Å². The minimum atomic E-state index is -0.824. The number of halogens is 2. The van der Waals surface area contributed by atoms with Gasteiger partial charge in [0.1, 0.15) is 5.75 Å². The number of alkyl halides is 2. The van der Waals surface area contributed by atoms with E-state index in [2.05, 4.69) is 38.8 Å². The van der Waals surface area contributed by atoms with Gasteiger partial charge in [0.05, 0.1) is 26.2 Å². The zero-order chi connectivity index (χ0) is 26.7. The molecule has 5 nitrogen and oxygen atoms in total. The van der Waals surface area contributed by atoms with Crippen LogP contribution in [0.25, 0.3) is 0 Å². The Hall–Kier alpha value is -2.77. The van der Waals surface area contributed by atoms with Crippen LogP contribution in [0.15, 0.2) is 72.8 Å². The van der Waals surface area contributed by atoms with Gasteiger partial charge in [-0.2, -0.15) is 0 Å². The molecule has 3 aromatic rings. The molecule has 3 aromatic carbocycles. The zero-order valence-corrected chi connectivity index (χ0v) is 24.1. The molecule has 38 heavy (non-hydrogen) atoms. The molecule has 1 fully saturated rings. The van der Waals surface area contributed by atoms with Crippen molar-refractivity contribution < 1.29 is 19.1 Å². The number of anilines is 1. The molecule has 2 bridgehead atoms. The summed E-state index contributed by atoms with van der Waals surface area (Å²) in [5.74, 6) is -1.61. The van der Waals surface area contributed by atoms with Crippen molar-refractivity contribution in [2.45, 2.75) is 47.7 Å². The third-order valence-electron chi connectivity index (χ3n) is 8.15. The SMILES string of the molecule is CCCCCCC(=O)Oc1ccc(N2C(=O)C3C(C2=O)C2(Br)c4ccccc4C3(Br)c3ccccc32)cc1. The van der Waals surface area contributed by atoms with Gasteiger partial charge < -0.3 is 4.74 Å². The molecule has 2 atom stereocenters. The van der Waals surface area contributed by atoms with E-state index in [1.165, 1.54) is 4.90 Å². The van der Waals surface area contributed by atoms with Gasteiger partial charge in [-0.1, -0.05) is 107 Å². The first-order valence-electron chi connectivity index (χ1n) is 13.1. The van der Waals surface area contributed by atoms with Crippen molar-refractivity contribution >= 4 is 55.3 Å². The molecular weight excluding hydrogens is 610 g/mol. The van der Waals surface area contributed by atoms with Crippen LogP contribution >= 0.6 is 31.9 Å². The number of carbonyl (C=O) groups excluding carboxylic acids is 3. The van der Waals surface area contributed by atoms with Crippen molar-refractivity contribution in [3.05, 3.63) is 95.1 Å². The predicted molar refractivity (Wildman–Crippen MR) is 153 cm³/mol. The van der Waals surface area contributed by atoms with Crippen LogP contribution in [0.4, 0.5) is 5.69 Å². The monoisotopic (exact) mass is 635 g/mol. The number of carbonyl (C=O) groups is 3. The fourth-order valence-electron chi connectivity index (χ4n) is 6.46. The van der Waals surface area contributed by atoms with Crippen molar-refractivity contribution in [3.63, 3.8) is 0 Å². The number of rotatable bonds is 7. The lowest BCUT2D eigenvalue weighted by atomic mass is 9.54. The first-order chi connectivity index (χ1) is 18.3. The van der Waals surface area contributed by atoms with E-state index < -0.39 is 20.5 Å². The maximum atomic E-state index is 14.1. The number of hydrogen-bond donors (Lipinski definition) is 0. The molecule has 0 saturated carbocycles. The molecule has 0 aromatic heterocycles. The molecule has 0 radical (unpaired) electrons. The Labute approximate surface area is 238 Å². The number of nitrogens with zero attached hydrogens (tertiary/aromatic N) is 1. The quantitative estimate of drug-likeness (QED) is 0.0924. The number of imide groups is 1. The summed E-state index contributed by atoms with van der Waals surface area (Å²) >= 11 is 8.04. The fraction of sp³-hybridized carbons (Fsp3) is 0.323. The lowest BCUT2D eigenvalue weighted by Crippen LogP contribution is -2.56. The lowest BCUT2D eigenvalue weighted by Gasteiger charge is -2.55. The summed E-state index contributed by atoms with van der Waals surface area (Å²) in [6, 6.07) is 22.7. The minimum Gasteiger partial charge on any atom is -0.427 e. The molecule has 1 saturated heterocycles. The standard InChI is InChI=1S/C31H27Br2NO4/c1-2-3-4-5-14-25(35)38-20-17-15-19(16-18-20)34-28(36)26-27(29(34)37)31(33)22-11-7-6-10-21(22)30(26,32)23-12-8-9-13-24(23)31/h6-13,15-18,26-27H,2-5,14H2,1H3. The van der Waals surface area contributed by atoms with Crippen molar-refractivity contribution in [2.75, 3.05) is 4.90 Å². The number of amides is 2. The highest BCUT2D eigenvalue weighted by atomic mass is 79.9. The largest absolute Gasteiger partial charge is 0.427 e. The maximum absolute atomic E-state index is 14.1. The van der Waals surface area contributed by atoms with Crippen molar-refractivity contribution in [2.24, 2.45) is 11.8 Å². The zero-order valence-electron chi connectivity index (χ0n) is 21.0. The van der Waals surface area contributed by atoms with Gasteiger partial charge in [0.25, 0.3) is 0 Å². The normalized spacial score (nSPS) is 26.7. The summed E-state index contributed by atoms with van der Waals surface area (Å²) in [6.45, 7) is 2.13. The summed E-state index contributed by atoms with van der Waals surface area (Å²) in [5, 5.41) is 0. The van der Waals surface area contributed by atoms with Crippen LogP contribution < -0.4 is 9.64 Å². The van der Waals surface area contributed by atoms with E-state index in [4.69, 9.17) is 4.74 Å². The highest BCUT2D eigenvalue weighted by molar-refractivity contribution is 9.10. The molecule has 0 N–H and O–H groups in total. The molecule has 2 unspecified atom stereocenters. The average Bonchev–Trinajstić information content (AvgIpc) is 3.21. The van der Waals surface area contributed by atoms with Crippen LogP contribution in [0.3, 0.4) is 0 Å². The van der Waals surface area contributed by atoms with Gasteiger partial charge in [-0.3, -0.25) is 14.4 Å². The van der Waals surface area contributed by atoms with E-state index in [1.807, 2.05) is 48.5 Å². The summed E-state index contributed by atoms with van der Waals surface area (Å²) in [7, 11) is 0. The number of unbranched alkanes of at least 4 members (excludes halogenated alkanes) is 3. The maximum Gasteiger partial charge on any atom is 0.311 e. The Balaban J connectivity index is 1.33. The Morgan fingerprint density at radius 2 is 1.24 bits per heavy atom. The molecule has 2 amide bonds. The second-order valence-corrected chi connectivity index (χ2v) is 12.8. The number of ether oxygens (including phenoxy) is 1. The highest BCUT2D eigenvalue weighted by Gasteiger charge is 2.72. The van der Waals surface area contributed by atoms with E-state index in [1.54, 1.807) is 24.3 Å². The Morgan fingerprint density at radius 3 is 1.68 bits per heavy atom. The van der Waals surface area contributed by atoms with Gasteiger partial charge in [0.15, 0.2) is 0 Å². The first-order valence-corrected chi connectivity index (χ1v) is 14.7. The third kappa shape index (κ3) is 3.51. The molecule has 0 spiro atoms. The molecular formula is C31H27Br2NO4. The lowest BCUT2D eigenvalue weighted by molar-refractivity contribution is -0.134. The van der Waals surface area contributed by atoms with Gasteiger partial charge >= 0.3 is 5.97 Å². The summed E-state index contributed by atoms with van der Waals surface area (Å²) in [5.41, 5.74) is 4.47. The molecule has 1 aliphatic heterocycles. The molecule has 3 aliphatic carbocycles. The second-order valence-electron chi connectivity index (χ2n) is 10.3. The van der Waals surface area contributed by atoms with Gasteiger partial charge in [-0.05, 0) is 52.9 Å². The number of hydrogen-bond acceptors (Lipinski definition) is 4. The van der Waals surface area contributed by atoms with Gasteiger partial charge in [0.2, 0.25) is 11.8 Å². The fourth-order valence-corrected chi connectivity index (χ4v) is 8.77. The van der Waals surface area contributed by atoms with E-state index >= 15 is 0 Å². The highest BCUT2D eigenvalue weighted by Crippen LogP contribution is 2.70. The van der Waals surface area contributed by atoms with E-state index in [-0.39, 0.29) is 17.8 Å². The summed E-state index contributed by atoms with van der Waals surface area (Å²) in [6.07, 6.45) is 4.39. The van der Waals surface area contributed by atoms with Crippen molar-refractivity contribution in [1.29, 1.82) is 0 Å². The van der Waals surface area contributed by atoms with Crippen LogP contribution in [0.2, 0.25) is 0 Å². The summed E-state index contributed by atoms with van der Waals surface area (Å²) in [4.78, 5) is 41.7. The van der Waals surface area contributed by atoms with Crippen LogP contribution in [-0.2, 0) is 23.0 Å². The van der Waals surface area contributed by atoms with Crippen LogP contribution in [0.5, 0.6) is 5.75 Å². The molecule has 1 heterocycles. The van der Waals surface area contributed by atoms with Crippen molar-refractivity contribution in [1.82, 2.24) is 0 Å². The smallest absolute Gasteiger partial charge is 0.311 e. The Morgan fingerprint density at radius 1 is 0.763 bits per heavy atom. The molecule has 194 valence electrons. The number of esters is 1. The number of benzene rings is 3. The summed E-state index contributed by atoms with van der Waals surface area (Å²) < 4.78 is 3.83. The van der Waals surface area contributed by atoms with Crippen LogP contribution in [0, 0.1) is 11.8 Å². The molecule has 7 rings (SSSR count). The van der Waals surface area contributed by atoms with E-state index in [0.29, 0.717) is 17.9 Å². The van der Waals surface area contributed by atoms with Crippen molar-refractivity contribution in [3.8, 4) is 5.75 Å². The Kier molecular flexibility index (Phi) is 6.35. The Bertz CT molecular complexity index is 1330. The average molecular weight is 637 g/mol. The molecule has 7 heteroatoms. The van der Waals surface area contributed by atoms with Crippen LogP contribution in [0.1, 0.15) is 61.3 Å². The first kappa shape index (κ1) is 25.5. The van der Waals surface area contributed by atoms with E-state index in [0.717, 1.165) is 47.9 Å². The van der Waals surface area contributed by atoms with Gasteiger partial charge in [0, 0.05) is 6.42 Å². The van der Waals surface area contributed by atoms with E-state index in [9.17, 15) is 14.4 Å².